The van der Waals surface area contributed by atoms with Gasteiger partial charge in [-0.05, 0) is 36.8 Å². The fraction of sp³-hybridized carbons (Fsp3) is 0.0714. The van der Waals surface area contributed by atoms with Gasteiger partial charge in [0.25, 0.3) is 5.91 Å². The lowest BCUT2D eigenvalue weighted by Crippen LogP contribution is -2.13. The molecule has 0 fully saturated rings. The summed E-state index contributed by atoms with van der Waals surface area (Å²) in [5, 5.41) is 3.05. The maximum atomic E-state index is 12.1. The molecule has 0 bridgehead atoms. The Morgan fingerprint density at radius 1 is 1.32 bits per heavy atom. The summed E-state index contributed by atoms with van der Waals surface area (Å²) in [6.07, 6.45) is 0. The van der Waals surface area contributed by atoms with Crippen LogP contribution in [0.4, 0.5) is 11.4 Å². The molecule has 2 aromatic rings. The minimum absolute atomic E-state index is 0.270. The van der Waals surface area contributed by atoms with E-state index in [-0.39, 0.29) is 10.9 Å². The minimum atomic E-state index is -0.284. The third-order valence-corrected chi connectivity index (χ3v) is 3.98. The zero-order chi connectivity index (χ0) is 14.0. The molecule has 3 N–H and O–H groups in total. The van der Waals surface area contributed by atoms with E-state index in [1.54, 1.807) is 18.2 Å². The van der Waals surface area contributed by atoms with E-state index in [1.165, 1.54) is 0 Å². The van der Waals surface area contributed by atoms with E-state index in [0.29, 0.717) is 16.9 Å². The van der Waals surface area contributed by atoms with Crippen LogP contribution in [0.15, 0.2) is 40.9 Å². The predicted octanol–water partition coefficient (Wildman–Crippen LogP) is 4.25. The largest absolute Gasteiger partial charge is 0.398 e. The van der Waals surface area contributed by atoms with E-state index in [4.69, 9.17) is 17.3 Å². The number of nitrogens with two attached hydrogens (primary N) is 1. The number of carbonyl (C=O) groups excluding carboxylic acids is 1. The van der Waals surface area contributed by atoms with Crippen molar-refractivity contribution in [3.63, 3.8) is 0 Å². The number of carbonyl (C=O) groups is 1. The molecule has 0 aliphatic carbocycles. The first kappa shape index (κ1) is 13.9. The lowest BCUT2D eigenvalue weighted by molar-refractivity contribution is 0.102. The first-order valence-corrected chi connectivity index (χ1v) is 6.77. The smallest absolute Gasteiger partial charge is 0.257 e. The van der Waals surface area contributed by atoms with Crippen LogP contribution in [0.1, 0.15) is 15.9 Å². The number of benzene rings is 2. The Kier molecular flexibility index (Phi) is 4.12. The van der Waals surface area contributed by atoms with Crippen molar-refractivity contribution in [1.29, 1.82) is 0 Å². The summed E-state index contributed by atoms with van der Waals surface area (Å²) in [4.78, 5) is 12.1. The number of rotatable bonds is 2. The van der Waals surface area contributed by atoms with Gasteiger partial charge >= 0.3 is 0 Å². The molecule has 0 saturated carbocycles. The van der Waals surface area contributed by atoms with Crippen LogP contribution in [0.25, 0.3) is 0 Å². The third kappa shape index (κ3) is 3.08. The van der Waals surface area contributed by atoms with Gasteiger partial charge in [0.2, 0.25) is 0 Å². The molecule has 0 saturated heterocycles. The van der Waals surface area contributed by atoms with Crippen LogP contribution in [0.3, 0.4) is 0 Å². The van der Waals surface area contributed by atoms with E-state index in [2.05, 4.69) is 21.2 Å². The second kappa shape index (κ2) is 5.63. The molecular formula is C14H12BrClN2O. The highest BCUT2D eigenvalue weighted by Crippen LogP contribution is 2.25. The molecule has 0 aliphatic rings. The fourth-order valence-electron chi connectivity index (χ4n) is 1.59. The quantitative estimate of drug-likeness (QED) is 0.804. The Morgan fingerprint density at radius 3 is 2.74 bits per heavy atom. The summed E-state index contributed by atoms with van der Waals surface area (Å²) in [5.74, 6) is -0.284. The molecule has 0 heterocycles. The van der Waals surface area contributed by atoms with Gasteiger partial charge in [-0.1, -0.05) is 39.7 Å². The Bertz CT molecular complexity index is 643. The van der Waals surface area contributed by atoms with Crippen molar-refractivity contribution < 1.29 is 4.79 Å². The molecule has 19 heavy (non-hydrogen) atoms. The fourth-order valence-corrected chi connectivity index (χ4v) is 2.18. The Hall–Kier alpha value is -1.52. The summed E-state index contributed by atoms with van der Waals surface area (Å²) in [6, 6.07) is 10.6. The van der Waals surface area contributed by atoms with Crippen molar-refractivity contribution in [2.75, 3.05) is 11.1 Å². The number of nitrogen functional groups attached to an aromatic ring is 1. The zero-order valence-corrected chi connectivity index (χ0v) is 12.5. The second-order valence-corrected chi connectivity index (χ2v) is 5.36. The topological polar surface area (TPSA) is 55.1 Å². The van der Waals surface area contributed by atoms with E-state index in [1.807, 2.05) is 25.1 Å². The summed E-state index contributed by atoms with van der Waals surface area (Å²) in [6.45, 7) is 1.98. The maximum absolute atomic E-state index is 12.1. The van der Waals surface area contributed by atoms with E-state index in [0.717, 1.165) is 10.0 Å². The van der Waals surface area contributed by atoms with Crippen LogP contribution in [-0.4, -0.2) is 5.91 Å². The Morgan fingerprint density at radius 2 is 2.05 bits per heavy atom. The number of anilines is 2. The molecule has 0 spiro atoms. The van der Waals surface area contributed by atoms with Crippen molar-refractivity contribution in [3.8, 4) is 0 Å². The monoisotopic (exact) mass is 338 g/mol. The van der Waals surface area contributed by atoms with Crippen molar-refractivity contribution in [3.05, 3.63) is 57.0 Å². The highest BCUT2D eigenvalue weighted by molar-refractivity contribution is 9.10. The van der Waals surface area contributed by atoms with Gasteiger partial charge in [-0.3, -0.25) is 4.79 Å². The molecule has 0 unspecified atom stereocenters. The van der Waals surface area contributed by atoms with Crippen LogP contribution in [0.5, 0.6) is 0 Å². The van der Waals surface area contributed by atoms with Crippen LogP contribution >= 0.6 is 27.5 Å². The molecule has 98 valence electrons. The van der Waals surface area contributed by atoms with Gasteiger partial charge in [-0.2, -0.15) is 0 Å². The summed E-state index contributed by atoms with van der Waals surface area (Å²) < 4.78 is 0.934. The molecule has 1 amide bonds. The van der Waals surface area contributed by atoms with E-state index in [9.17, 15) is 4.79 Å². The Labute approximate surface area is 124 Å². The van der Waals surface area contributed by atoms with Crippen molar-refractivity contribution in [2.45, 2.75) is 6.92 Å². The van der Waals surface area contributed by atoms with Gasteiger partial charge < -0.3 is 11.1 Å². The van der Waals surface area contributed by atoms with Crippen LogP contribution < -0.4 is 11.1 Å². The molecule has 2 rings (SSSR count). The van der Waals surface area contributed by atoms with E-state index < -0.39 is 0 Å². The number of aryl methyl sites for hydroxylation is 1. The first-order chi connectivity index (χ1) is 8.99. The van der Waals surface area contributed by atoms with Gasteiger partial charge in [0.05, 0.1) is 16.3 Å². The van der Waals surface area contributed by atoms with Gasteiger partial charge in [0, 0.05) is 10.2 Å². The molecule has 0 atom stereocenters. The summed E-state index contributed by atoms with van der Waals surface area (Å²) in [7, 11) is 0. The average molecular weight is 340 g/mol. The second-order valence-electron chi connectivity index (χ2n) is 4.13. The summed E-state index contributed by atoms with van der Waals surface area (Å²) >= 11 is 9.44. The number of nitrogens with one attached hydrogen (secondary N) is 1. The number of halogens is 2. The molecule has 3 nitrogen and oxygen atoms in total. The number of hydrogen-bond donors (Lipinski definition) is 2. The predicted molar refractivity (Wildman–Crippen MR) is 82.7 cm³/mol. The minimum Gasteiger partial charge on any atom is -0.398 e. The SMILES string of the molecule is Cc1ccc(NC(=O)c2cccc(N)c2Cl)cc1Br. The number of amides is 1. The molecule has 0 aliphatic heterocycles. The normalized spacial score (nSPS) is 10.3. The average Bonchev–Trinajstić information content (AvgIpc) is 2.37. The van der Waals surface area contributed by atoms with Crippen LogP contribution in [0.2, 0.25) is 5.02 Å². The molecular weight excluding hydrogens is 328 g/mol. The van der Waals surface area contributed by atoms with Crippen LogP contribution in [0, 0.1) is 6.92 Å². The van der Waals surface area contributed by atoms with Gasteiger partial charge in [0.1, 0.15) is 0 Å². The molecule has 0 radical (unpaired) electrons. The molecule has 5 heteroatoms. The van der Waals surface area contributed by atoms with E-state index >= 15 is 0 Å². The Balaban J connectivity index is 2.26. The lowest BCUT2D eigenvalue weighted by atomic mass is 10.1. The number of hydrogen-bond acceptors (Lipinski definition) is 2. The van der Waals surface area contributed by atoms with Gasteiger partial charge in [-0.15, -0.1) is 0 Å². The zero-order valence-electron chi connectivity index (χ0n) is 10.2. The van der Waals surface area contributed by atoms with Crippen molar-refractivity contribution in [1.82, 2.24) is 0 Å². The standard InChI is InChI=1S/C14H12BrClN2O/c1-8-5-6-9(7-11(8)15)18-14(19)10-3-2-4-12(17)13(10)16/h2-7H,17H2,1H3,(H,18,19). The highest BCUT2D eigenvalue weighted by Gasteiger charge is 2.12. The molecule has 2 aromatic carbocycles. The highest BCUT2D eigenvalue weighted by atomic mass is 79.9. The van der Waals surface area contributed by atoms with Gasteiger partial charge in [0.15, 0.2) is 0 Å². The summed E-state index contributed by atoms with van der Waals surface area (Å²) in [5.41, 5.74) is 8.22. The van der Waals surface area contributed by atoms with Crippen molar-refractivity contribution in [2.24, 2.45) is 0 Å². The third-order valence-electron chi connectivity index (χ3n) is 2.70. The maximum Gasteiger partial charge on any atom is 0.257 e. The first-order valence-electron chi connectivity index (χ1n) is 5.60. The van der Waals surface area contributed by atoms with Crippen molar-refractivity contribution >= 4 is 44.8 Å². The molecule has 0 aromatic heterocycles. The lowest BCUT2D eigenvalue weighted by Gasteiger charge is -2.09. The van der Waals surface area contributed by atoms with Gasteiger partial charge in [-0.25, -0.2) is 0 Å². The van der Waals surface area contributed by atoms with Crippen LogP contribution in [-0.2, 0) is 0 Å².